The molecule has 0 aliphatic rings. The summed E-state index contributed by atoms with van der Waals surface area (Å²) in [5.74, 6) is 0. The van der Waals surface area contributed by atoms with E-state index in [1.54, 1.807) is 12.1 Å². The number of aromatic nitrogens is 2. The first-order chi connectivity index (χ1) is 6.70. The Morgan fingerprint density at radius 2 is 1.71 bits per heavy atom. The Bertz CT molecular complexity index is 645. The Morgan fingerprint density at radius 1 is 1.07 bits per heavy atom. The Kier molecular flexibility index (Phi) is 1.68. The smallest absolute Gasteiger partial charge is 0.314 e. The van der Waals surface area contributed by atoms with E-state index < -0.39 is 11.1 Å². The van der Waals surface area contributed by atoms with Crippen molar-refractivity contribution in [2.45, 2.75) is 0 Å². The van der Waals surface area contributed by atoms with Crippen molar-refractivity contribution < 1.29 is 0 Å². The molecule has 5 nitrogen and oxygen atoms in total. The second-order valence-electron chi connectivity index (χ2n) is 2.75. The van der Waals surface area contributed by atoms with Crippen molar-refractivity contribution in [1.82, 2.24) is 9.97 Å². The fourth-order valence-corrected chi connectivity index (χ4v) is 1.17. The maximum atomic E-state index is 11.0. The fourth-order valence-electron chi connectivity index (χ4n) is 1.17. The van der Waals surface area contributed by atoms with Gasteiger partial charge in [-0.3, -0.25) is 9.59 Å². The molecule has 2 aromatic rings. The molecule has 0 aliphatic carbocycles. The highest BCUT2D eigenvalue weighted by atomic mass is 16.2. The second kappa shape index (κ2) is 2.85. The summed E-state index contributed by atoms with van der Waals surface area (Å²) in [7, 11) is 0. The molecule has 1 heterocycles. The Labute approximate surface area is 77.8 Å². The minimum absolute atomic E-state index is 0.417. The quantitative estimate of drug-likeness (QED) is 0.472. The Hall–Kier alpha value is -2.35. The van der Waals surface area contributed by atoms with Crippen LogP contribution in [0.3, 0.4) is 0 Å². The van der Waals surface area contributed by atoms with E-state index in [9.17, 15) is 9.59 Å². The van der Waals surface area contributed by atoms with Gasteiger partial charge in [0, 0.05) is 0 Å². The number of hydrogen-bond acceptors (Lipinski definition) is 2. The highest BCUT2D eigenvalue weighted by Gasteiger charge is 1.99. The van der Waals surface area contributed by atoms with Gasteiger partial charge in [0.05, 0.1) is 17.6 Å². The zero-order valence-corrected chi connectivity index (χ0v) is 7.00. The number of aromatic amines is 2. The topological polar surface area (TPSA) is 70.1 Å². The van der Waals surface area contributed by atoms with Crippen molar-refractivity contribution in [2.75, 3.05) is 0 Å². The Morgan fingerprint density at radius 3 is 2.36 bits per heavy atom. The molecule has 5 heteroatoms. The normalized spacial score (nSPS) is 9.93. The highest BCUT2D eigenvalue weighted by Crippen LogP contribution is 2.15. The maximum absolute atomic E-state index is 11.0. The van der Waals surface area contributed by atoms with Crippen LogP contribution in [0.25, 0.3) is 15.9 Å². The molecule has 0 saturated carbocycles. The van der Waals surface area contributed by atoms with Gasteiger partial charge in [-0.2, -0.15) is 0 Å². The summed E-state index contributed by atoms with van der Waals surface area (Å²) >= 11 is 0. The van der Waals surface area contributed by atoms with Crippen LogP contribution in [0.5, 0.6) is 0 Å². The summed E-state index contributed by atoms with van der Waals surface area (Å²) in [5.41, 5.74) is -0.00186. The summed E-state index contributed by atoms with van der Waals surface area (Å²) in [5, 5.41) is 0. The van der Waals surface area contributed by atoms with E-state index in [-0.39, 0.29) is 0 Å². The van der Waals surface area contributed by atoms with E-state index in [4.69, 9.17) is 6.57 Å². The minimum atomic E-state index is -0.709. The predicted molar refractivity (Wildman–Crippen MR) is 51.5 cm³/mol. The summed E-state index contributed by atoms with van der Waals surface area (Å²) in [6.07, 6.45) is 0. The standard InChI is InChI=1S/C9H5N3O2/c1-10-5-2-3-6-7(4-5)12-9(14)8(13)11-6/h2-4H,(H,11,13)(H,12,14). The number of H-pyrrole nitrogens is 2. The zero-order valence-electron chi connectivity index (χ0n) is 7.00. The van der Waals surface area contributed by atoms with Gasteiger partial charge in [-0.25, -0.2) is 4.85 Å². The third kappa shape index (κ3) is 1.19. The first kappa shape index (κ1) is 8.26. The average molecular weight is 187 g/mol. The number of fused-ring (bicyclic) bond motifs is 1. The van der Waals surface area contributed by atoms with Gasteiger partial charge in [-0.05, 0) is 12.1 Å². The summed E-state index contributed by atoms with van der Waals surface area (Å²) in [6.45, 7) is 6.78. The van der Waals surface area contributed by atoms with Crippen LogP contribution in [0.2, 0.25) is 0 Å². The predicted octanol–water partition coefficient (Wildman–Crippen LogP) is 0.767. The molecule has 2 rings (SSSR count). The molecule has 0 atom stereocenters. The van der Waals surface area contributed by atoms with Crippen LogP contribution < -0.4 is 11.1 Å². The van der Waals surface area contributed by atoms with Gasteiger partial charge in [0.1, 0.15) is 0 Å². The molecule has 0 unspecified atom stereocenters. The van der Waals surface area contributed by atoms with Gasteiger partial charge in [-0.1, -0.05) is 6.07 Å². The minimum Gasteiger partial charge on any atom is -0.317 e. The lowest BCUT2D eigenvalue weighted by molar-refractivity contribution is 1.15. The monoisotopic (exact) mass is 187 g/mol. The van der Waals surface area contributed by atoms with Gasteiger partial charge in [0.25, 0.3) is 0 Å². The van der Waals surface area contributed by atoms with Gasteiger partial charge in [0.2, 0.25) is 0 Å². The molecule has 1 aromatic carbocycles. The lowest BCUT2D eigenvalue weighted by Gasteiger charge is -1.96. The molecule has 0 amide bonds. The average Bonchev–Trinajstić information content (AvgIpc) is 2.19. The first-order valence-electron chi connectivity index (χ1n) is 3.84. The molecule has 0 spiro atoms. The number of hydrogen-bond donors (Lipinski definition) is 2. The molecule has 1 aromatic heterocycles. The van der Waals surface area contributed by atoms with E-state index in [2.05, 4.69) is 14.8 Å². The van der Waals surface area contributed by atoms with Crippen LogP contribution in [-0.2, 0) is 0 Å². The van der Waals surface area contributed by atoms with Crippen molar-refractivity contribution in [3.63, 3.8) is 0 Å². The number of nitrogens with zero attached hydrogens (tertiary/aromatic N) is 1. The summed E-state index contributed by atoms with van der Waals surface area (Å²) in [4.78, 5) is 29.9. The molecular weight excluding hydrogens is 182 g/mol. The van der Waals surface area contributed by atoms with Crippen LogP contribution >= 0.6 is 0 Å². The van der Waals surface area contributed by atoms with Gasteiger partial charge in [0.15, 0.2) is 5.69 Å². The Balaban J connectivity index is 2.92. The second-order valence-corrected chi connectivity index (χ2v) is 2.75. The van der Waals surface area contributed by atoms with E-state index in [0.717, 1.165) is 0 Å². The van der Waals surface area contributed by atoms with Gasteiger partial charge >= 0.3 is 11.1 Å². The third-order valence-electron chi connectivity index (χ3n) is 1.83. The van der Waals surface area contributed by atoms with Crippen molar-refractivity contribution in [3.8, 4) is 0 Å². The third-order valence-corrected chi connectivity index (χ3v) is 1.83. The van der Waals surface area contributed by atoms with E-state index in [0.29, 0.717) is 16.7 Å². The lowest BCUT2D eigenvalue weighted by Crippen LogP contribution is -2.28. The lowest BCUT2D eigenvalue weighted by atomic mass is 10.3. The van der Waals surface area contributed by atoms with Crippen molar-refractivity contribution in [3.05, 3.63) is 50.3 Å². The van der Waals surface area contributed by atoms with Crippen molar-refractivity contribution in [2.24, 2.45) is 0 Å². The molecule has 2 N–H and O–H groups in total. The molecular formula is C9H5N3O2. The molecule has 0 aliphatic heterocycles. The molecule has 14 heavy (non-hydrogen) atoms. The molecule has 68 valence electrons. The van der Waals surface area contributed by atoms with Gasteiger partial charge in [-0.15, -0.1) is 0 Å². The van der Waals surface area contributed by atoms with Crippen LogP contribution in [0, 0.1) is 6.57 Å². The van der Waals surface area contributed by atoms with E-state index in [1.165, 1.54) is 6.07 Å². The molecule has 0 radical (unpaired) electrons. The largest absolute Gasteiger partial charge is 0.317 e. The molecule has 0 saturated heterocycles. The molecule has 0 bridgehead atoms. The van der Waals surface area contributed by atoms with E-state index in [1.807, 2.05) is 0 Å². The van der Waals surface area contributed by atoms with Crippen LogP contribution in [0.1, 0.15) is 0 Å². The highest BCUT2D eigenvalue weighted by molar-refractivity contribution is 5.78. The van der Waals surface area contributed by atoms with Crippen LogP contribution in [0.4, 0.5) is 5.69 Å². The van der Waals surface area contributed by atoms with Crippen LogP contribution in [-0.4, -0.2) is 9.97 Å². The summed E-state index contributed by atoms with van der Waals surface area (Å²) in [6, 6.07) is 4.67. The maximum Gasteiger partial charge on any atom is 0.314 e. The fraction of sp³-hybridized carbons (Fsp3) is 0. The van der Waals surface area contributed by atoms with Crippen LogP contribution in [0.15, 0.2) is 27.8 Å². The molecule has 0 fully saturated rings. The number of rotatable bonds is 0. The van der Waals surface area contributed by atoms with Gasteiger partial charge < -0.3 is 9.97 Å². The number of nitrogens with one attached hydrogen (secondary N) is 2. The zero-order chi connectivity index (χ0) is 10.1. The van der Waals surface area contributed by atoms with Crippen molar-refractivity contribution in [1.29, 1.82) is 0 Å². The van der Waals surface area contributed by atoms with Crippen molar-refractivity contribution >= 4 is 16.7 Å². The first-order valence-corrected chi connectivity index (χ1v) is 3.84. The number of benzene rings is 1. The SMILES string of the molecule is [C-]#[N+]c1ccc2[nH]c(=O)c(=O)[nH]c2c1. The van der Waals surface area contributed by atoms with E-state index >= 15 is 0 Å². The summed E-state index contributed by atoms with van der Waals surface area (Å²) < 4.78 is 0.